The molecule has 1 amide bonds. The van der Waals surface area contributed by atoms with Crippen molar-refractivity contribution in [1.29, 1.82) is 0 Å². The number of anilines is 1. The molecule has 3 nitrogen and oxygen atoms in total. The van der Waals surface area contributed by atoms with Crippen molar-refractivity contribution in [3.8, 4) is 0 Å². The van der Waals surface area contributed by atoms with E-state index in [4.69, 9.17) is 0 Å². The highest BCUT2D eigenvalue weighted by Crippen LogP contribution is 2.45. The van der Waals surface area contributed by atoms with Gasteiger partial charge in [0.25, 0.3) is 0 Å². The number of hydrogen-bond acceptors (Lipinski definition) is 3. The summed E-state index contributed by atoms with van der Waals surface area (Å²) < 4.78 is 0. The molecule has 0 saturated heterocycles. The normalized spacial score (nSPS) is 16.5. The van der Waals surface area contributed by atoms with Crippen LogP contribution in [0.5, 0.6) is 0 Å². The van der Waals surface area contributed by atoms with Crippen LogP contribution in [-0.4, -0.2) is 18.2 Å². The first kappa shape index (κ1) is 17.6. The third-order valence-electron chi connectivity index (χ3n) is 4.66. The number of ketones is 1. The fraction of sp³-hybridized carbons (Fsp3) is 0.130. The molecule has 1 aliphatic heterocycles. The number of thioether (sulfide) groups is 1. The summed E-state index contributed by atoms with van der Waals surface area (Å²) in [5, 5.41) is 0.0386. The molecule has 1 heterocycles. The van der Waals surface area contributed by atoms with Gasteiger partial charge < -0.3 is 4.90 Å². The van der Waals surface area contributed by atoms with Crippen LogP contribution in [0.1, 0.15) is 27.6 Å². The van der Waals surface area contributed by atoms with E-state index >= 15 is 0 Å². The summed E-state index contributed by atoms with van der Waals surface area (Å²) in [7, 11) is 0. The number of hydrogen-bond donors (Lipinski definition) is 0. The van der Waals surface area contributed by atoms with E-state index < -0.39 is 0 Å². The molecule has 0 aliphatic carbocycles. The quantitative estimate of drug-likeness (QED) is 0.594. The van der Waals surface area contributed by atoms with Gasteiger partial charge >= 0.3 is 0 Å². The Morgan fingerprint density at radius 3 is 2.26 bits per heavy atom. The minimum Gasteiger partial charge on any atom is -0.303 e. The van der Waals surface area contributed by atoms with Gasteiger partial charge in [0.15, 0.2) is 5.78 Å². The SMILES string of the molecule is O=C(CN1C(=O)C[C@H](c2ccccc2)Sc2ccccc21)c1ccccc1. The maximum atomic E-state index is 13.1. The Hall–Kier alpha value is -2.85. The van der Waals surface area contributed by atoms with Crippen molar-refractivity contribution < 1.29 is 9.59 Å². The zero-order chi connectivity index (χ0) is 18.6. The summed E-state index contributed by atoms with van der Waals surface area (Å²) in [4.78, 5) is 28.5. The molecule has 134 valence electrons. The van der Waals surface area contributed by atoms with E-state index in [0.29, 0.717) is 12.0 Å². The van der Waals surface area contributed by atoms with Crippen molar-refractivity contribution in [1.82, 2.24) is 0 Å². The largest absolute Gasteiger partial charge is 0.303 e. The van der Waals surface area contributed by atoms with E-state index in [-0.39, 0.29) is 23.5 Å². The molecule has 3 aromatic carbocycles. The van der Waals surface area contributed by atoms with E-state index in [1.807, 2.05) is 60.7 Å². The van der Waals surface area contributed by atoms with E-state index in [1.54, 1.807) is 28.8 Å². The minimum atomic E-state index is -0.0538. The fourth-order valence-corrected chi connectivity index (χ4v) is 4.55. The van der Waals surface area contributed by atoms with Gasteiger partial charge in [0.05, 0.1) is 12.2 Å². The smallest absolute Gasteiger partial charge is 0.228 e. The Kier molecular flexibility index (Phi) is 5.07. The standard InChI is InChI=1S/C23H19NO2S/c25-20(17-9-3-1-4-10-17)16-24-19-13-7-8-14-21(19)27-22(15-23(24)26)18-11-5-2-6-12-18/h1-14,22H,15-16H2/t22-/m1/s1. The molecule has 4 rings (SSSR count). The van der Waals surface area contributed by atoms with E-state index in [9.17, 15) is 9.59 Å². The fourth-order valence-electron chi connectivity index (χ4n) is 3.26. The second-order valence-electron chi connectivity index (χ2n) is 6.46. The van der Waals surface area contributed by atoms with Crippen LogP contribution in [-0.2, 0) is 4.79 Å². The Labute approximate surface area is 163 Å². The van der Waals surface area contributed by atoms with Crippen molar-refractivity contribution >= 4 is 29.1 Å². The first-order valence-electron chi connectivity index (χ1n) is 8.91. The number of Topliss-reactive ketones (excluding diaryl/α,β-unsaturated/α-hetero) is 1. The first-order valence-corrected chi connectivity index (χ1v) is 9.79. The first-order chi connectivity index (χ1) is 13.2. The Bertz CT molecular complexity index is 956. The van der Waals surface area contributed by atoms with Crippen LogP contribution >= 0.6 is 11.8 Å². The zero-order valence-electron chi connectivity index (χ0n) is 14.7. The van der Waals surface area contributed by atoms with Gasteiger partial charge in [-0.15, -0.1) is 11.8 Å². The number of nitrogens with zero attached hydrogens (tertiary/aromatic N) is 1. The molecular formula is C23H19NO2S. The summed E-state index contributed by atoms with van der Waals surface area (Å²) in [6.07, 6.45) is 0.366. The minimum absolute atomic E-state index is 0.0226. The predicted octanol–water partition coefficient (Wildman–Crippen LogP) is 5.14. The molecule has 0 saturated carbocycles. The summed E-state index contributed by atoms with van der Waals surface area (Å²) in [5.41, 5.74) is 2.57. The van der Waals surface area contributed by atoms with Crippen LogP contribution in [0.15, 0.2) is 89.8 Å². The molecule has 1 aliphatic rings. The average Bonchev–Trinajstić information content (AvgIpc) is 2.86. The van der Waals surface area contributed by atoms with E-state index in [0.717, 1.165) is 16.1 Å². The van der Waals surface area contributed by atoms with Gasteiger partial charge in [-0.25, -0.2) is 0 Å². The highest BCUT2D eigenvalue weighted by atomic mass is 32.2. The Morgan fingerprint density at radius 2 is 1.52 bits per heavy atom. The molecule has 0 unspecified atom stereocenters. The third-order valence-corrected chi connectivity index (χ3v) is 5.98. The lowest BCUT2D eigenvalue weighted by atomic mass is 10.1. The monoisotopic (exact) mass is 373 g/mol. The number of para-hydroxylation sites is 1. The van der Waals surface area contributed by atoms with E-state index in [1.165, 1.54) is 0 Å². The lowest BCUT2D eigenvalue weighted by Gasteiger charge is -2.22. The van der Waals surface area contributed by atoms with Crippen molar-refractivity contribution in [3.63, 3.8) is 0 Å². The number of fused-ring (bicyclic) bond motifs is 1. The van der Waals surface area contributed by atoms with Gasteiger partial charge in [0, 0.05) is 22.1 Å². The lowest BCUT2D eigenvalue weighted by Crippen LogP contribution is -2.35. The summed E-state index contributed by atoms with van der Waals surface area (Å²) >= 11 is 1.69. The lowest BCUT2D eigenvalue weighted by molar-refractivity contribution is -0.118. The van der Waals surface area contributed by atoms with Crippen LogP contribution in [0.3, 0.4) is 0 Å². The number of benzene rings is 3. The van der Waals surface area contributed by atoms with Crippen LogP contribution in [0, 0.1) is 0 Å². The number of rotatable bonds is 4. The Morgan fingerprint density at radius 1 is 0.889 bits per heavy atom. The topological polar surface area (TPSA) is 37.4 Å². The molecule has 0 N–H and O–H groups in total. The van der Waals surface area contributed by atoms with Crippen LogP contribution in [0.25, 0.3) is 0 Å². The van der Waals surface area contributed by atoms with Gasteiger partial charge in [-0.1, -0.05) is 72.8 Å². The summed E-state index contributed by atoms with van der Waals surface area (Å²) in [6, 6.07) is 27.0. The van der Waals surface area contributed by atoms with Crippen molar-refractivity contribution in [2.75, 3.05) is 11.4 Å². The van der Waals surface area contributed by atoms with Gasteiger partial charge in [0.1, 0.15) is 0 Å². The molecule has 1 atom stereocenters. The van der Waals surface area contributed by atoms with Crippen molar-refractivity contribution in [2.45, 2.75) is 16.6 Å². The highest BCUT2D eigenvalue weighted by Gasteiger charge is 2.30. The molecule has 0 bridgehead atoms. The van der Waals surface area contributed by atoms with E-state index in [2.05, 4.69) is 12.1 Å². The van der Waals surface area contributed by atoms with Crippen molar-refractivity contribution in [3.05, 3.63) is 96.1 Å². The second-order valence-corrected chi connectivity index (χ2v) is 7.70. The molecule has 27 heavy (non-hydrogen) atoms. The third kappa shape index (κ3) is 3.81. The molecule has 0 fully saturated rings. The molecule has 0 radical (unpaired) electrons. The second kappa shape index (κ2) is 7.80. The maximum absolute atomic E-state index is 13.1. The molecule has 4 heteroatoms. The summed E-state index contributed by atoms with van der Waals surface area (Å²) in [6.45, 7) is 0.0575. The summed E-state index contributed by atoms with van der Waals surface area (Å²) in [5.74, 6) is -0.0764. The Balaban J connectivity index is 1.66. The zero-order valence-corrected chi connectivity index (χ0v) is 15.6. The van der Waals surface area contributed by atoms with Crippen LogP contribution in [0.2, 0.25) is 0 Å². The van der Waals surface area contributed by atoms with Crippen LogP contribution < -0.4 is 4.90 Å². The average molecular weight is 373 g/mol. The molecular weight excluding hydrogens is 354 g/mol. The van der Waals surface area contributed by atoms with Gasteiger partial charge in [-0.3, -0.25) is 9.59 Å². The number of carbonyl (C=O) groups excluding carboxylic acids is 2. The van der Waals surface area contributed by atoms with Gasteiger partial charge in [-0.05, 0) is 17.7 Å². The number of amides is 1. The van der Waals surface area contributed by atoms with Crippen molar-refractivity contribution in [2.24, 2.45) is 0 Å². The molecule has 0 spiro atoms. The van der Waals surface area contributed by atoms with Gasteiger partial charge in [-0.2, -0.15) is 0 Å². The van der Waals surface area contributed by atoms with Gasteiger partial charge in [0.2, 0.25) is 5.91 Å². The maximum Gasteiger partial charge on any atom is 0.228 e. The molecule has 0 aromatic heterocycles. The molecule has 3 aromatic rings. The highest BCUT2D eigenvalue weighted by molar-refractivity contribution is 7.99. The number of carbonyl (C=O) groups is 2. The predicted molar refractivity (Wildman–Crippen MR) is 109 cm³/mol. The van der Waals surface area contributed by atoms with Crippen LogP contribution in [0.4, 0.5) is 5.69 Å².